The molecule has 1 aromatic rings. The van der Waals surface area contributed by atoms with E-state index in [-0.39, 0.29) is 24.2 Å². The Kier molecular flexibility index (Phi) is 4.85. The quantitative estimate of drug-likeness (QED) is 0.656. The smallest absolute Gasteiger partial charge is 0.240 e. The van der Waals surface area contributed by atoms with Gasteiger partial charge < -0.3 is 16.4 Å². The van der Waals surface area contributed by atoms with Crippen molar-refractivity contribution >= 4 is 29.0 Å². The van der Waals surface area contributed by atoms with Crippen LogP contribution in [-0.4, -0.2) is 35.2 Å². The fourth-order valence-corrected chi connectivity index (χ4v) is 2.84. The first-order valence-electron chi connectivity index (χ1n) is 7.04. The van der Waals surface area contributed by atoms with Gasteiger partial charge in [0.2, 0.25) is 5.91 Å². The third-order valence-corrected chi connectivity index (χ3v) is 4.11. The van der Waals surface area contributed by atoms with Crippen LogP contribution in [-0.2, 0) is 4.79 Å². The lowest BCUT2D eigenvalue weighted by atomic mass is 10.0. The molecule has 1 saturated heterocycles. The van der Waals surface area contributed by atoms with Crippen LogP contribution in [0.2, 0.25) is 5.02 Å². The molecule has 1 fully saturated rings. The number of nitrogens with two attached hydrogens (primary N) is 2. The molecule has 1 heterocycles. The van der Waals surface area contributed by atoms with Crippen LogP contribution in [0.4, 0.5) is 5.69 Å². The third kappa shape index (κ3) is 3.54. The monoisotopic (exact) mass is 309 g/mol. The lowest BCUT2D eigenvalue weighted by Crippen LogP contribution is -2.46. The number of likely N-dealkylation sites (tertiary alicyclic amines) is 1. The molecule has 2 rings (SSSR count). The summed E-state index contributed by atoms with van der Waals surface area (Å²) in [5.74, 6) is -0.405. The number of nitrogen functional groups attached to an aromatic ring is 1. The highest BCUT2D eigenvalue weighted by Crippen LogP contribution is 2.21. The van der Waals surface area contributed by atoms with E-state index in [0.29, 0.717) is 22.8 Å². The van der Waals surface area contributed by atoms with Crippen LogP contribution in [0.5, 0.6) is 0 Å². The molecule has 1 amide bonds. The minimum Gasteiger partial charge on any atom is -0.398 e. The Hall–Kier alpha value is -1.59. The standard InChI is InChI=1S/C15H20ClN3O2/c1-9-3-2-6-19(9)15(21)13(18)8-14(20)11-5-4-10(16)7-12(11)17/h4-5,7,9,13H,2-3,6,8,17-18H2,1H3. The van der Waals surface area contributed by atoms with E-state index in [1.807, 2.05) is 6.92 Å². The zero-order valence-corrected chi connectivity index (χ0v) is 12.8. The number of Topliss-reactive ketones (excluding diaryl/α,β-unsaturated/α-hetero) is 1. The van der Waals surface area contributed by atoms with E-state index in [2.05, 4.69) is 0 Å². The van der Waals surface area contributed by atoms with Gasteiger partial charge >= 0.3 is 0 Å². The molecule has 1 aromatic carbocycles. The number of rotatable bonds is 4. The van der Waals surface area contributed by atoms with Crippen molar-refractivity contribution in [2.45, 2.75) is 38.3 Å². The van der Waals surface area contributed by atoms with Crippen LogP contribution in [0.15, 0.2) is 18.2 Å². The lowest BCUT2D eigenvalue weighted by Gasteiger charge is -2.24. The van der Waals surface area contributed by atoms with E-state index in [1.165, 1.54) is 6.07 Å². The second-order valence-electron chi connectivity index (χ2n) is 5.49. The molecule has 0 spiro atoms. The van der Waals surface area contributed by atoms with Crippen molar-refractivity contribution in [2.75, 3.05) is 12.3 Å². The summed E-state index contributed by atoms with van der Waals surface area (Å²) in [5, 5.41) is 0.468. The van der Waals surface area contributed by atoms with Gasteiger partial charge in [0, 0.05) is 35.3 Å². The minimum atomic E-state index is -0.826. The van der Waals surface area contributed by atoms with Crippen LogP contribution in [0, 0.1) is 0 Å². The third-order valence-electron chi connectivity index (χ3n) is 3.87. The summed E-state index contributed by atoms with van der Waals surface area (Å²) in [5.41, 5.74) is 12.3. The van der Waals surface area contributed by atoms with E-state index in [4.69, 9.17) is 23.1 Å². The fraction of sp³-hybridized carbons (Fsp3) is 0.467. The molecule has 21 heavy (non-hydrogen) atoms. The Labute approximate surface area is 129 Å². The highest BCUT2D eigenvalue weighted by molar-refractivity contribution is 6.31. The molecule has 4 N–H and O–H groups in total. The first kappa shape index (κ1) is 15.8. The Morgan fingerprint density at radius 2 is 2.19 bits per heavy atom. The van der Waals surface area contributed by atoms with Crippen LogP contribution < -0.4 is 11.5 Å². The van der Waals surface area contributed by atoms with E-state index in [1.54, 1.807) is 17.0 Å². The molecule has 2 unspecified atom stereocenters. The minimum absolute atomic E-state index is 0.0477. The average Bonchev–Trinajstić information content (AvgIpc) is 2.83. The number of amides is 1. The molecule has 5 nitrogen and oxygen atoms in total. The molecule has 0 aliphatic carbocycles. The number of ketones is 1. The number of carbonyl (C=O) groups is 2. The highest BCUT2D eigenvalue weighted by atomic mass is 35.5. The summed E-state index contributed by atoms with van der Waals surface area (Å²) in [6.45, 7) is 2.71. The zero-order chi connectivity index (χ0) is 15.6. The van der Waals surface area contributed by atoms with Crippen molar-refractivity contribution in [3.63, 3.8) is 0 Å². The molecule has 1 aliphatic rings. The van der Waals surface area contributed by atoms with Crippen molar-refractivity contribution in [1.82, 2.24) is 4.90 Å². The second kappa shape index (κ2) is 6.45. The predicted molar refractivity (Wildman–Crippen MR) is 83.2 cm³/mol. The topological polar surface area (TPSA) is 89.4 Å². The van der Waals surface area contributed by atoms with Gasteiger partial charge in [-0.3, -0.25) is 9.59 Å². The molecule has 6 heteroatoms. The Bertz CT molecular complexity index is 562. The van der Waals surface area contributed by atoms with Gasteiger partial charge in [0.25, 0.3) is 0 Å². The van der Waals surface area contributed by atoms with Crippen molar-refractivity contribution in [3.8, 4) is 0 Å². The summed E-state index contributed by atoms with van der Waals surface area (Å²) < 4.78 is 0. The molecular weight excluding hydrogens is 290 g/mol. The summed E-state index contributed by atoms with van der Waals surface area (Å²) in [4.78, 5) is 26.2. The molecule has 0 saturated carbocycles. The molecule has 2 atom stereocenters. The summed E-state index contributed by atoms with van der Waals surface area (Å²) in [7, 11) is 0. The number of hydrogen-bond donors (Lipinski definition) is 2. The Balaban J connectivity index is 2.03. The van der Waals surface area contributed by atoms with Gasteiger partial charge in [-0.1, -0.05) is 11.6 Å². The normalized spacial score (nSPS) is 19.6. The molecule has 1 aliphatic heterocycles. The Morgan fingerprint density at radius 1 is 1.48 bits per heavy atom. The zero-order valence-electron chi connectivity index (χ0n) is 12.0. The number of anilines is 1. The van der Waals surface area contributed by atoms with Crippen LogP contribution in [0.25, 0.3) is 0 Å². The first-order chi connectivity index (χ1) is 9.90. The van der Waals surface area contributed by atoms with Crippen molar-refractivity contribution in [3.05, 3.63) is 28.8 Å². The SMILES string of the molecule is CC1CCCN1C(=O)C(N)CC(=O)c1ccc(Cl)cc1N. The fourth-order valence-electron chi connectivity index (χ4n) is 2.66. The molecule has 114 valence electrons. The molecular formula is C15H20ClN3O2. The molecule has 0 bridgehead atoms. The maximum Gasteiger partial charge on any atom is 0.240 e. The highest BCUT2D eigenvalue weighted by Gasteiger charge is 2.30. The number of hydrogen-bond acceptors (Lipinski definition) is 4. The van der Waals surface area contributed by atoms with E-state index in [0.717, 1.165) is 12.8 Å². The van der Waals surface area contributed by atoms with Gasteiger partial charge in [-0.15, -0.1) is 0 Å². The van der Waals surface area contributed by atoms with Gasteiger partial charge in [0.1, 0.15) is 0 Å². The predicted octanol–water partition coefficient (Wildman–Crippen LogP) is 1.83. The first-order valence-corrected chi connectivity index (χ1v) is 7.42. The van der Waals surface area contributed by atoms with Gasteiger partial charge in [0.05, 0.1) is 6.04 Å². The largest absolute Gasteiger partial charge is 0.398 e. The average molecular weight is 310 g/mol. The molecule has 0 aromatic heterocycles. The lowest BCUT2D eigenvalue weighted by molar-refractivity contribution is -0.133. The number of nitrogens with zero attached hydrogens (tertiary/aromatic N) is 1. The maximum absolute atomic E-state index is 12.3. The van der Waals surface area contributed by atoms with Crippen molar-refractivity contribution in [2.24, 2.45) is 5.73 Å². The second-order valence-corrected chi connectivity index (χ2v) is 5.92. The van der Waals surface area contributed by atoms with Gasteiger partial charge in [0.15, 0.2) is 5.78 Å². The summed E-state index contributed by atoms with van der Waals surface area (Å²) in [6.07, 6.45) is 1.92. The van der Waals surface area contributed by atoms with Crippen molar-refractivity contribution in [1.29, 1.82) is 0 Å². The van der Waals surface area contributed by atoms with Crippen LogP contribution in [0.1, 0.15) is 36.5 Å². The van der Waals surface area contributed by atoms with E-state index < -0.39 is 6.04 Å². The molecule has 0 radical (unpaired) electrons. The number of halogens is 1. The van der Waals surface area contributed by atoms with Crippen LogP contribution >= 0.6 is 11.6 Å². The maximum atomic E-state index is 12.3. The van der Waals surface area contributed by atoms with Gasteiger partial charge in [-0.05, 0) is 38.0 Å². The van der Waals surface area contributed by atoms with Gasteiger partial charge in [-0.25, -0.2) is 0 Å². The van der Waals surface area contributed by atoms with Gasteiger partial charge in [-0.2, -0.15) is 0 Å². The Morgan fingerprint density at radius 3 is 2.76 bits per heavy atom. The van der Waals surface area contributed by atoms with Crippen LogP contribution in [0.3, 0.4) is 0 Å². The summed E-state index contributed by atoms with van der Waals surface area (Å²) >= 11 is 5.80. The van der Waals surface area contributed by atoms with E-state index >= 15 is 0 Å². The summed E-state index contributed by atoms with van der Waals surface area (Å²) in [6, 6.07) is 4.05. The number of carbonyl (C=O) groups excluding carboxylic acids is 2. The van der Waals surface area contributed by atoms with E-state index in [9.17, 15) is 9.59 Å². The van der Waals surface area contributed by atoms with Crippen molar-refractivity contribution < 1.29 is 9.59 Å². The number of benzene rings is 1.